The molecule has 0 aliphatic heterocycles. The molecule has 0 bridgehead atoms. The fraction of sp³-hybridized carbons (Fsp3) is 0.107. The molecule has 1 aromatic heterocycles. The van der Waals surface area contributed by atoms with Gasteiger partial charge in [0.2, 0.25) is 5.91 Å². The van der Waals surface area contributed by atoms with Gasteiger partial charge in [0.05, 0.1) is 18.7 Å². The summed E-state index contributed by atoms with van der Waals surface area (Å²) in [6.45, 7) is 1.96. The molecule has 0 saturated heterocycles. The van der Waals surface area contributed by atoms with Gasteiger partial charge >= 0.3 is 0 Å². The van der Waals surface area contributed by atoms with Crippen molar-refractivity contribution in [2.75, 3.05) is 12.4 Å². The summed E-state index contributed by atoms with van der Waals surface area (Å²) in [6, 6.07) is 31.0. The number of amides is 1. The minimum Gasteiger partial charge on any atom is -0.497 e. The Morgan fingerprint density at radius 2 is 1.38 bits per heavy atom. The molecule has 1 N–H and O–H groups in total. The Kier molecular flexibility index (Phi) is 5.79. The number of aromatic nitrogens is 3. The van der Waals surface area contributed by atoms with Crippen LogP contribution in [0.3, 0.4) is 0 Å². The SMILES string of the molecule is COc1ccc(-n2nc3cc(C)c(NC(=O)C(c4ccccc4)c4ccccc4)cc3n2)cc1. The number of hydrogen-bond donors (Lipinski definition) is 1. The topological polar surface area (TPSA) is 69.0 Å². The summed E-state index contributed by atoms with van der Waals surface area (Å²) in [5.41, 5.74) is 5.81. The molecule has 0 spiro atoms. The Labute approximate surface area is 197 Å². The lowest BCUT2D eigenvalue weighted by atomic mass is 9.90. The quantitative estimate of drug-likeness (QED) is 0.372. The minimum absolute atomic E-state index is 0.0950. The van der Waals surface area contributed by atoms with Crippen LogP contribution in [0.2, 0.25) is 0 Å². The van der Waals surface area contributed by atoms with Crippen molar-refractivity contribution >= 4 is 22.6 Å². The second kappa shape index (κ2) is 9.19. The van der Waals surface area contributed by atoms with Crippen molar-refractivity contribution in [1.29, 1.82) is 0 Å². The van der Waals surface area contributed by atoms with Gasteiger partial charge in [0, 0.05) is 5.69 Å². The van der Waals surface area contributed by atoms with E-state index >= 15 is 0 Å². The van der Waals surface area contributed by atoms with E-state index in [0.717, 1.165) is 39.3 Å². The highest BCUT2D eigenvalue weighted by molar-refractivity contribution is 6.00. The second-order valence-electron chi connectivity index (χ2n) is 8.09. The Morgan fingerprint density at radius 3 is 1.94 bits per heavy atom. The lowest BCUT2D eigenvalue weighted by Crippen LogP contribution is -2.22. The predicted octanol–water partition coefficient (Wildman–Crippen LogP) is 5.51. The van der Waals surface area contributed by atoms with E-state index in [4.69, 9.17) is 4.74 Å². The van der Waals surface area contributed by atoms with Crippen LogP contribution in [0.25, 0.3) is 16.7 Å². The van der Waals surface area contributed by atoms with Crippen LogP contribution in [-0.4, -0.2) is 28.0 Å². The Hall–Kier alpha value is -4.45. The minimum atomic E-state index is -0.424. The van der Waals surface area contributed by atoms with Crippen molar-refractivity contribution in [3.8, 4) is 11.4 Å². The van der Waals surface area contributed by atoms with Crippen molar-refractivity contribution in [3.05, 3.63) is 114 Å². The third kappa shape index (κ3) is 4.26. The normalized spacial score (nSPS) is 11.0. The van der Waals surface area contributed by atoms with Crippen LogP contribution in [0.5, 0.6) is 5.75 Å². The van der Waals surface area contributed by atoms with E-state index in [2.05, 4.69) is 15.5 Å². The molecular formula is C28H24N4O2. The molecule has 4 aromatic carbocycles. The Balaban J connectivity index is 1.47. The summed E-state index contributed by atoms with van der Waals surface area (Å²) in [6.07, 6.45) is 0. The first kappa shape index (κ1) is 21.4. The third-order valence-electron chi connectivity index (χ3n) is 5.82. The molecule has 0 aliphatic rings. The summed E-state index contributed by atoms with van der Waals surface area (Å²) in [5, 5.41) is 12.4. The van der Waals surface area contributed by atoms with Crippen molar-refractivity contribution in [2.45, 2.75) is 12.8 Å². The Bertz CT molecular complexity index is 1390. The summed E-state index contributed by atoms with van der Waals surface area (Å²) < 4.78 is 5.23. The molecule has 0 radical (unpaired) electrons. The fourth-order valence-electron chi connectivity index (χ4n) is 4.02. The van der Waals surface area contributed by atoms with Crippen LogP contribution < -0.4 is 10.1 Å². The van der Waals surface area contributed by atoms with E-state index in [0.29, 0.717) is 5.52 Å². The number of fused-ring (bicyclic) bond motifs is 1. The Morgan fingerprint density at radius 1 is 0.824 bits per heavy atom. The highest BCUT2D eigenvalue weighted by atomic mass is 16.5. The van der Waals surface area contributed by atoms with Gasteiger partial charge in [-0.05, 0) is 60.0 Å². The zero-order valence-corrected chi connectivity index (χ0v) is 19.0. The predicted molar refractivity (Wildman–Crippen MR) is 134 cm³/mol. The van der Waals surface area contributed by atoms with E-state index in [1.807, 2.05) is 104 Å². The highest BCUT2D eigenvalue weighted by Gasteiger charge is 2.23. The van der Waals surface area contributed by atoms with Crippen molar-refractivity contribution in [2.24, 2.45) is 0 Å². The number of carbonyl (C=O) groups excluding carboxylic acids is 1. The first-order valence-corrected chi connectivity index (χ1v) is 11.1. The van der Waals surface area contributed by atoms with Gasteiger partial charge in [0.15, 0.2) is 0 Å². The van der Waals surface area contributed by atoms with E-state index in [1.54, 1.807) is 11.9 Å². The second-order valence-corrected chi connectivity index (χ2v) is 8.09. The number of rotatable bonds is 6. The van der Waals surface area contributed by atoms with E-state index in [-0.39, 0.29) is 5.91 Å². The van der Waals surface area contributed by atoms with Gasteiger partial charge < -0.3 is 10.1 Å². The molecule has 5 aromatic rings. The standard InChI is InChI=1S/C28H24N4O2/c1-19-17-25-26(31-32(30-25)22-13-15-23(34-2)16-14-22)18-24(19)29-28(33)27(20-9-5-3-6-10-20)21-11-7-4-8-12-21/h3-18,27H,1-2H3,(H,29,33). The summed E-state index contributed by atoms with van der Waals surface area (Å²) >= 11 is 0. The van der Waals surface area contributed by atoms with Crippen molar-refractivity contribution in [1.82, 2.24) is 15.0 Å². The van der Waals surface area contributed by atoms with Gasteiger partial charge in [-0.25, -0.2) is 0 Å². The molecule has 0 fully saturated rings. The van der Waals surface area contributed by atoms with E-state index < -0.39 is 5.92 Å². The molecular weight excluding hydrogens is 424 g/mol. The molecule has 0 aliphatic carbocycles. The molecule has 6 nitrogen and oxygen atoms in total. The van der Waals surface area contributed by atoms with E-state index in [1.165, 1.54) is 0 Å². The van der Waals surface area contributed by atoms with Gasteiger partial charge in [0.1, 0.15) is 16.8 Å². The number of anilines is 1. The summed E-state index contributed by atoms with van der Waals surface area (Å²) in [4.78, 5) is 15.1. The van der Waals surface area contributed by atoms with Crippen LogP contribution in [0.4, 0.5) is 5.69 Å². The molecule has 1 heterocycles. The fourth-order valence-corrected chi connectivity index (χ4v) is 4.02. The molecule has 0 atom stereocenters. The maximum absolute atomic E-state index is 13.5. The van der Waals surface area contributed by atoms with Gasteiger partial charge in [-0.1, -0.05) is 60.7 Å². The maximum atomic E-state index is 13.5. The van der Waals surface area contributed by atoms with Crippen LogP contribution >= 0.6 is 0 Å². The van der Waals surface area contributed by atoms with Crippen molar-refractivity contribution in [3.63, 3.8) is 0 Å². The number of carbonyl (C=O) groups is 1. The summed E-state index contributed by atoms with van der Waals surface area (Å²) in [7, 11) is 1.63. The number of aryl methyl sites for hydroxylation is 1. The average molecular weight is 449 g/mol. The smallest absolute Gasteiger partial charge is 0.236 e. The monoisotopic (exact) mass is 448 g/mol. The van der Waals surface area contributed by atoms with Crippen LogP contribution in [-0.2, 0) is 4.79 Å². The molecule has 0 saturated carbocycles. The number of nitrogens with one attached hydrogen (secondary N) is 1. The van der Waals surface area contributed by atoms with Crippen LogP contribution in [0, 0.1) is 6.92 Å². The van der Waals surface area contributed by atoms with Crippen molar-refractivity contribution < 1.29 is 9.53 Å². The summed E-state index contributed by atoms with van der Waals surface area (Å²) in [5.74, 6) is 0.252. The van der Waals surface area contributed by atoms with Gasteiger partial charge in [-0.3, -0.25) is 4.79 Å². The zero-order chi connectivity index (χ0) is 23.5. The van der Waals surface area contributed by atoms with Gasteiger partial charge in [-0.15, -0.1) is 10.2 Å². The molecule has 1 amide bonds. The highest BCUT2D eigenvalue weighted by Crippen LogP contribution is 2.28. The number of hydrogen-bond acceptors (Lipinski definition) is 4. The van der Waals surface area contributed by atoms with Gasteiger partial charge in [-0.2, -0.15) is 4.80 Å². The first-order valence-electron chi connectivity index (χ1n) is 11.1. The number of methoxy groups -OCH3 is 1. The molecule has 168 valence electrons. The zero-order valence-electron chi connectivity index (χ0n) is 19.0. The molecule has 0 unspecified atom stereocenters. The average Bonchev–Trinajstić information content (AvgIpc) is 3.28. The number of nitrogens with zero attached hydrogens (tertiary/aromatic N) is 3. The number of ether oxygens (including phenoxy) is 1. The lowest BCUT2D eigenvalue weighted by Gasteiger charge is -2.18. The lowest BCUT2D eigenvalue weighted by molar-refractivity contribution is -0.116. The maximum Gasteiger partial charge on any atom is 0.236 e. The number of benzene rings is 4. The largest absolute Gasteiger partial charge is 0.497 e. The third-order valence-corrected chi connectivity index (χ3v) is 5.82. The van der Waals surface area contributed by atoms with Gasteiger partial charge in [0.25, 0.3) is 0 Å². The van der Waals surface area contributed by atoms with E-state index in [9.17, 15) is 4.79 Å². The molecule has 34 heavy (non-hydrogen) atoms. The molecule has 5 rings (SSSR count). The first-order chi connectivity index (χ1) is 16.6. The van der Waals surface area contributed by atoms with Crippen LogP contribution in [0.15, 0.2) is 97.1 Å². The van der Waals surface area contributed by atoms with Crippen LogP contribution in [0.1, 0.15) is 22.6 Å². The molecule has 6 heteroatoms.